The molecule has 2 amide bonds. The number of aliphatic carboxylic acids is 1. The summed E-state index contributed by atoms with van der Waals surface area (Å²) in [5.74, 6) is -1.01. The van der Waals surface area contributed by atoms with Crippen LogP contribution < -0.4 is 10.6 Å². The van der Waals surface area contributed by atoms with Crippen LogP contribution in [0.5, 0.6) is 0 Å². The number of urea groups is 1. The Balaban J connectivity index is 2.26. The molecule has 1 unspecified atom stereocenters. The molecule has 1 aliphatic carbocycles. The Morgan fingerprint density at radius 1 is 1.44 bits per heavy atom. The van der Waals surface area contributed by atoms with Crippen molar-refractivity contribution in [1.82, 2.24) is 10.6 Å². The van der Waals surface area contributed by atoms with Gasteiger partial charge in [0.2, 0.25) is 0 Å². The molecule has 1 saturated carbocycles. The maximum Gasteiger partial charge on any atom is 0.326 e. The third kappa shape index (κ3) is 4.52. The first-order valence-corrected chi connectivity index (χ1v) is 6.29. The molecule has 0 aromatic rings. The van der Waals surface area contributed by atoms with Crippen molar-refractivity contribution in [3.63, 3.8) is 0 Å². The molecule has 1 aliphatic rings. The highest BCUT2D eigenvalue weighted by atomic mass is 16.5. The Bertz CT molecular complexity index is 302. The molecule has 0 bridgehead atoms. The van der Waals surface area contributed by atoms with E-state index >= 15 is 0 Å². The molecule has 1 atom stereocenters. The van der Waals surface area contributed by atoms with E-state index in [0.717, 1.165) is 19.3 Å². The molecule has 0 aromatic carbocycles. The Hall–Kier alpha value is -1.30. The third-order valence-electron chi connectivity index (χ3n) is 3.43. The Kier molecular flexibility index (Phi) is 5.40. The van der Waals surface area contributed by atoms with Crippen LogP contribution in [0.2, 0.25) is 0 Å². The summed E-state index contributed by atoms with van der Waals surface area (Å²) in [6.07, 6.45) is 3.48. The maximum absolute atomic E-state index is 11.5. The van der Waals surface area contributed by atoms with Crippen molar-refractivity contribution in [2.45, 2.75) is 38.6 Å². The minimum atomic E-state index is -1.01. The van der Waals surface area contributed by atoms with Crippen molar-refractivity contribution in [1.29, 1.82) is 0 Å². The van der Waals surface area contributed by atoms with Crippen molar-refractivity contribution in [3.8, 4) is 0 Å². The number of ether oxygens (including phenoxy) is 1. The van der Waals surface area contributed by atoms with E-state index in [0.29, 0.717) is 19.6 Å². The molecule has 6 nitrogen and oxygen atoms in total. The number of methoxy groups -OCH3 is 1. The van der Waals surface area contributed by atoms with Gasteiger partial charge in [0.05, 0.1) is 0 Å². The number of rotatable bonds is 8. The summed E-state index contributed by atoms with van der Waals surface area (Å²) in [4.78, 5) is 22.3. The number of nitrogens with one attached hydrogen (secondary N) is 2. The van der Waals surface area contributed by atoms with E-state index in [4.69, 9.17) is 9.84 Å². The fourth-order valence-electron chi connectivity index (χ4n) is 1.83. The minimum Gasteiger partial charge on any atom is -0.480 e. The van der Waals surface area contributed by atoms with Gasteiger partial charge in [0.15, 0.2) is 0 Å². The molecule has 1 rings (SSSR count). The fraction of sp³-hybridized carbons (Fsp3) is 0.833. The highest BCUT2D eigenvalue weighted by Gasteiger charge is 2.42. The maximum atomic E-state index is 11.5. The van der Waals surface area contributed by atoms with Gasteiger partial charge in [-0.25, -0.2) is 9.59 Å². The van der Waals surface area contributed by atoms with E-state index in [1.54, 1.807) is 14.0 Å². The summed E-state index contributed by atoms with van der Waals surface area (Å²) in [7, 11) is 1.66. The highest BCUT2D eigenvalue weighted by Crippen LogP contribution is 2.48. The first-order valence-electron chi connectivity index (χ1n) is 6.29. The lowest BCUT2D eigenvalue weighted by atomic mass is 10.0. The van der Waals surface area contributed by atoms with Gasteiger partial charge < -0.3 is 20.5 Å². The van der Waals surface area contributed by atoms with Gasteiger partial charge in [-0.15, -0.1) is 0 Å². The van der Waals surface area contributed by atoms with Crippen LogP contribution in [0.25, 0.3) is 0 Å². The topological polar surface area (TPSA) is 87.7 Å². The van der Waals surface area contributed by atoms with Crippen molar-refractivity contribution < 1.29 is 19.4 Å². The van der Waals surface area contributed by atoms with E-state index < -0.39 is 18.0 Å². The lowest BCUT2D eigenvalue weighted by molar-refractivity contribution is -0.139. The number of carboxylic acids is 1. The zero-order valence-corrected chi connectivity index (χ0v) is 11.0. The van der Waals surface area contributed by atoms with Crippen molar-refractivity contribution in [2.24, 2.45) is 5.41 Å². The van der Waals surface area contributed by atoms with E-state index in [1.807, 2.05) is 0 Å². The number of carbonyl (C=O) groups is 2. The van der Waals surface area contributed by atoms with Crippen LogP contribution in [0.4, 0.5) is 4.79 Å². The first kappa shape index (κ1) is 14.8. The lowest BCUT2D eigenvalue weighted by Crippen LogP contribution is -2.47. The van der Waals surface area contributed by atoms with Gasteiger partial charge in [-0.2, -0.15) is 0 Å². The SMILES string of the molecule is CCC(NC(=O)NCC1(CCOC)CC1)C(=O)O. The first-order chi connectivity index (χ1) is 8.53. The smallest absolute Gasteiger partial charge is 0.326 e. The summed E-state index contributed by atoms with van der Waals surface area (Å²) in [5.41, 5.74) is 0.165. The van der Waals surface area contributed by atoms with Crippen LogP contribution in [0.3, 0.4) is 0 Å². The van der Waals surface area contributed by atoms with Gasteiger partial charge in [-0.3, -0.25) is 0 Å². The van der Waals surface area contributed by atoms with Crippen LogP contribution in [-0.2, 0) is 9.53 Å². The second-order valence-corrected chi connectivity index (χ2v) is 4.87. The van der Waals surface area contributed by atoms with Crippen LogP contribution in [0, 0.1) is 5.41 Å². The van der Waals surface area contributed by atoms with Gasteiger partial charge in [0, 0.05) is 20.3 Å². The molecule has 0 aliphatic heterocycles. The minimum absolute atomic E-state index is 0.165. The van der Waals surface area contributed by atoms with Crippen molar-refractivity contribution in [3.05, 3.63) is 0 Å². The summed E-state index contributed by atoms with van der Waals surface area (Å²) in [5, 5.41) is 14.0. The molecule has 104 valence electrons. The van der Waals surface area contributed by atoms with Crippen molar-refractivity contribution >= 4 is 12.0 Å². The number of carboxylic acid groups (broad SMARTS) is 1. The molecule has 18 heavy (non-hydrogen) atoms. The van der Waals surface area contributed by atoms with Crippen LogP contribution in [-0.4, -0.2) is 43.4 Å². The monoisotopic (exact) mass is 258 g/mol. The van der Waals surface area contributed by atoms with Crippen LogP contribution in [0.15, 0.2) is 0 Å². The molecule has 0 radical (unpaired) electrons. The Morgan fingerprint density at radius 2 is 2.11 bits per heavy atom. The van der Waals surface area contributed by atoms with Gasteiger partial charge in [0.1, 0.15) is 6.04 Å². The second kappa shape index (κ2) is 6.58. The Labute approximate surface area is 107 Å². The number of hydrogen-bond acceptors (Lipinski definition) is 3. The standard InChI is InChI=1S/C12H22N2O4/c1-3-9(10(15)16)14-11(17)13-8-12(4-5-12)6-7-18-2/h9H,3-8H2,1-2H3,(H,15,16)(H2,13,14,17). The van der Waals surface area contributed by atoms with E-state index in [2.05, 4.69) is 10.6 Å². The average Bonchev–Trinajstić information content (AvgIpc) is 3.11. The Morgan fingerprint density at radius 3 is 2.56 bits per heavy atom. The zero-order valence-electron chi connectivity index (χ0n) is 11.0. The fourth-order valence-corrected chi connectivity index (χ4v) is 1.83. The van der Waals surface area contributed by atoms with E-state index in [1.165, 1.54) is 0 Å². The van der Waals surface area contributed by atoms with Gasteiger partial charge in [-0.1, -0.05) is 6.92 Å². The third-order valence-corrected chi connectivity index (χ3v) is 3.43. The quantitative estimate of drug-likeness (QED) is 0.605. The summed E-state index contributed by atoms with van der Waals surface area (Å²) >= 11 is 0. The average molecular weight is 258 g/mol. The molecule has 1 fully saturated rings. The number of hydrogen-bond donors (Lipinski definition) is 3. The lowest BCUT2D eigenvalue weighted by Gasteiger charge is -2.17. The molecule has 0 spiro atoms. The highest BCUT2D eigenvalue weighted by molar-refractivity contribution is 5.82. The van der Waals surface area contributed by atoms with Crippen molar-refractivity contribution in [2.75, 3.05) is 20.3 Å². The normalized spacial score (nSPS) is 17.9. The van der Waals surface area contributed by atoms with Crippen LogP contribution >= 0.6 is 0 Å². The number of amides is 2. The summed E-state index contributed by atoms with van der Waals surface area (Å²) < 4.78 is 5.03. The number of carbonyl (C=O) groups excluding carboxylic acids is 1. The summed E-state index contributed by atoms with van der Waals surface area (Å²) in [6, 6.07) is -1.23. The molecule has 3 N–H and O–H groups in total. The van der Waals surface area contributed by atoms with E-state index in [-0.39, 0.29) is 5.41 Å². The van der Waals surface area contributed by atoms with Crippen LogP contribution in [0.1, 0.15) is 32.6 Å². The molecule has 0 aromatic heterocycles. The summed E-state index contributed by atoms with van der Waals surface area (Å²) in [6.45, 7) is 2.99. The second-order valence-electron chi connectivity index (χ2n) is 4.87. The molecular formula is C12H22N2O4. The van der Waals surface area contributed by atoms with Gasteiger partial charge in [-0.05, 0) is 31.1 Å². The molecule has 0 heterocycles. The van der Waals surface area contributed by atoms with Gasteiger partial charge >= 0.3 is 12.0 Å². The predicted molar refractivity (Wildman–Crippen MR) is 66.4 cm³/mol. The predicted octanol–water partition coefficient (Wildman–Crippen LogP) is 0.965. The molecule has 0 saturated heterocycles. The largest absolute Gasteiger partial charge is 0.480 e. The molecule has 6 heteroatoms. The molecular weight excluding hydrogens is 236 g/mol. The van der Waals surface area contributed by atoms with Gasteiger partial charge in [0.25, 0.3) is 0 Å². The zero-order chi connectivity index (χ0) is 13.6. The van der Waals surface area contributed by atoms with E-state index in [9.17, 15) is 9.59 Å².